The number of hydrogen-bond acceptors (Lipinski definition) is 4. The lowest BCUT2D eigenvalue weighted by atomic mass is 9.89. The van der Waals surface area contributed by atoms with Crippen molar-refractivity contribution >= 4 is 11.3 Å². The topological polar surface area (TPSA) is 28.2 Å². The molecule has 1 aliphatic heterocycles. The molecule has 1 N–H and O–H groups in total. The number of rotatable bonds is 4. The second-order valence-corrected chi connectivity index (χ2v) is 6.21. The average molecular weight is 239 g/mol. The van der Waals surface area contributed by atoms with Gasteiger partial charge >= 0.3 is 0 Å². The molecule has 0 bridgehead atoms. The summed E-state index contributed by atoms with van der Waals surface area (Å²) < 4.78 is 0. The molecule has 1 fully saturated rings. The number of hydrogen-bond donors (Lipinski definition) is 1. The molecule has 4 heteroatoms. The highest BCUT2D eigenvalue weighted by Gasteiger charge is 2.29. The third kappa shape index (κ3) is 2.81. The standard InChI is InChI=1S/C12H21N3S/c1-10-11(16-9-14-10)6-15(3)8-12(2)4-5-13-7-12/h9,13H,4-8H2,1-3H3. The van der Waals surface area contributed by atoms with Crippen LogP contribution in [0.3, 0.4) is 0 Å². The van der Waals surface area contributed by atoms with Crippen molar-refractivity contribution in [2.45, 2.75) is 26.8 Å². The second kappa shape index (κ2) is 4.82. The monoisotopic (exact) mass is 239 g/mol. The van der Waals surface area contributed by atoms with Crippen LogP contribution in [-0.4, -0.2) is 36.6 Å². The quantitative estimate of drug-likeness (QED) is 0.869. The molecule has 1 unspecified atom stereocenters. The zero-order valence-electron chi connectivity index (χ0n) is 10.4. The molecule has 3 nitrogen and oxygen atoms in total. The van der Waals surface area contributed by atoms with Crippen molar-refractivity contribution in [1.82, 2.24) is 15.2 Å². The van der Waals surface area contributed by atoms with Crippen LogP contribution >= 0.6 is 11.3 Å². The van der Waals surface area contributed by atoms with Gasteiger partial charge < -0.3 is 10.2 Å². The Morgan fingerprint density at radius 3 is 3.00 bits per heavy atom. The molecule has 0 spiro atoms. The van der Waals surface area contributed by atoms with Gasteiger partial charge in [-0.3, -0.25) is 0 Å². The minimum atomic E-state index is 0.452. The smallest absolute Gasteiger partial charge is 0.0798 e. The third-order valence-electron chi connectivity index (χ3n) is 3.37. The molecule has 1 atom stereocenters. The van der Waals surface area contributed by atoms with Gasteiger partial charge in [0.1, 0.15) is 0 Å². The van der Waals surface area contributed by atoms with Crippen LogP contribution in [0.25, 0.3) is 0 Å². The van der Waals surface area contributed by atoms with Crippen LogP contribution in [0, 0.1) is 12.3 Å². The van der Waals surface area contributed by atoms with Crippen molar-refractivity contribution in [2.75, 3.05) is 26.7 Å². The second-order valence-electron chi connectivity index (χ2n) is 5.27. The first kappa shape index (κ1) is 12.0. The van der Waals surface area contributed by atoms with Crippen LogP contribution in [0.1, 0.15) is 23.9 Å². The Kier molecular flexibility index (Phi) is 3.62. The minimum absolute atomic E-state index is 0.452. The Bertz CT molecular complexity index is 342. The molecule has 1 aliphatic rings. The lowest BCUT2D eigenvalue weighted by Crippen LogP contribution is -2.34. The Labute approximate surface area is 102 Å². The fourth-order valence-corrected chi connectivity index (χ4v) is 3.29. The molecular weight excluding hydrogens is 218 g/mol. The normalized spacial score (nSPS) is 25.5. The highest BCUT2D eigenvalue weighted by molar-refractivity contribution is 7.09. The summed E-state index contributed by atoms with van der Waals surface area (Å²) in [4.78, 5) is 8.12. The Hall–Kier alpha value is -0.450. The van der Waals surface area contributed by atoms with Crippen LogP contribution in [0.15, 0.2) is 5.51 Å². The van der Waals surface area contributed by atoms with E-state index in [-0.39, 0.29) is 0 Å². The maximum Gasteiger partial charge on any atom is 0.0798 e. The van der Waals surface area contributed by atoms with E-state index in [1.165, 1.54) is 23.5 Å². The van der Waals surface area contributed by atoms with E-state index in [9.17, 15) is 0 Å². The molecule has 2 rings (SSSR count). The Morgan fingerprint density at radius 1 is 1.62 bits per heavy atom. The van der Waals surface area contributed by atoms with E-state index in [0.29, 0.717) is 5.41 Å². The molecule has 2 heterocycles. The van der Waals surface area contributed by atoms with Gasteiger partial charge in [-0.05, 0) is 32.4 Å². The molecule has 0 amide bonds. The molecule has 90 valence electrons. The van der Waals surface area contributed by atoms with Crippen LogP contribution in [0.5, 0.6) is 0 Å². The molecule has 1 aromatic heterocycles. The Balaban J connectivity index is 1.89. The largest absolute Gasteiger partial charge is 0.316 e. The fourth-order valence-electron chi connectivity index (χ4n) is 2.43. The van der Waals surface area contributed by atoms with Gasteiger partial charge in [-0.1, -0.05) is 6.92 Å². The van der Waals surface area contributed by atoms with Gasteiger partial charge in [-0.25, -0.2) is 4.98 Å². The van der Waals surface area contributed by atoms with Crippen LogP contribution < -0.4 is 5.32 Å². The number of aryl methyl sites for hydroxylation is 1. The third-order valence-corrected chi connectivity index (χ3v) is 4.29. The summed E-state index contributed by atoms with van der Waals surface area (Å²) in [5.74, 6) is 0. The van der Waals surface area contributed by atoms with Crippen LogP contribution in [0.4, 0.5) is 0 Å². The fraction of sp³-hybridized carbons (Fsp3) is 0.750. The molecule has 0 aromatic carbocycles. The van der Waals surface area contributed by atoms with Crippen molar-refractivity contribution < 1.29 is 0 Å². The van der Waals surface area contributed by atoms with Crippen molar-refractivity contribution in [2.24, 2.45) is 5.41 Å². The van der Waals surface area contributed by atoms with E-state index in [1.54, 1.807) is 11.3 Å². The van der Waals surface area contributed by atoms with E-state index >= 15 is 0 Å². The van der Waals surface area contributed by atoms with Gasteiger partial charge in [0.05, 0.1) is 11.2 Å². The molecule has 0 aliphatic carbocycles. The predicted molar refractivity (Wildman–Crippen MR) is 68.8 cm³/mol. The summed E-state index contributed by atoms with van der Waals surface area (Å²) in [6, 6.07) is 0. The summed E-state index contributed by atoms with van der Waals surface area (Å²) in [6.07, 6.45) is 1.29. The number of aromatic nitrogens is 1. The highest BCUT2D eigenvalue weighted by atomic mass is 32.1. The summed E-state index contributed by atoms with van der Waals surface area (Å²) in [7, 11) is 2.21. The van der Waals surface area contributed by atoms with Gasteiger partial charge in [-0.15, -0.1) is 11.3 Å². The molecule has 16 heavy (non-hydrogen) atoms. The molecule has 1 aromatic rings. The van der Waals surface area contributed by atoms with Gasteiger partial charge in [0.2, 0.25) is 0 Å². The minimum Gasteiger partial charge on any atom is -0.316 e. The van der Waals surface area contributed by atoms with Gasteiger partial charge in [0.15, 0.2) is 0 Å². The first-order chi connectivity index (χ1) is 7.59. The molecule has 0 radical (unpaired) electrons. The average Bonchev–Trinajstić information content (AvgIpc) is 2.77. The maximum atomic E-state index is 4.30. The van der Waals surface area contributed by atoms with Crippen molar-refractivity contribution in [3.05, 3.63) is 16.1 Å². The van der Waals surface area contributed by atoms with E-state index in [0.717, 1.165) is 19.6 Å². The van der Waals surface area contributed by atoms with E-state index in [2.05, 4.69) is 36.1 Å². The number of nitrogens with zero attached hydrogens (tertiary/aromatic N) is 2. The summed E-state index contributed by atoms with van der Waals surface area (Å²) in [6.45, 7) is 8.99. The zero-order chi connectivity index (χ0) is 11.6. The van der Waals surface area contributed by atoms with Gasteiger partial charge in [0, 0.05) is 24.5 Å². The first-order valence-electron chi connectivity index (χ1n) is 5.87. The van der Waals surface area contributed by atoms with Gasteiger partial charge in [0.25, 0.3) is 0 Å². The Morgan fingerprint density at radius 2 is 2.44 bits per heavy atom. The lowest BCUT2D eigenvalue weighted by molar-refractivity contribution is 0.204. The van der Waals surface area contributed by atoms with Crippen LogP contribution in [-0.2, 0) is 6.54 Å². The number of nitrogens with one attached hydrogen (secondary N) is 1. The van der Waals surface area contributed by atoms with E-state index in [4.69, 9.17) is 0 Å². The van der Waals surface area contributed by atoms with Crippen molar-refractivity contribution in [1.29, 1.82) is 0 Å². The SMILES string of the molecule is Cc1ncsc1CN(C)CC1(C)CCNC1. The van der Waals surface area contributed by atoms with Crippen molar-refractivity contribution in [3.8, 4) is 0 Å². The summed E-state index contributed by atoms with van der Waals surface area (Å²) in [5, 5.41) is 3.45. The molecular formula is C12H21N3S. The predicted octanol–water partition coefficient (Wildman–Crippen LogP) is 1.88. The lowest BCUT2D eigenvalue weighted by Gasteiger charge is -2.28. The van der Waals surface area contributed by atoms with Gasteiger partial charge in [-0.2, -0.15) is 0 Å². The summed E-state index contributed by atoms with van der Waals surface area (Å²) in [5.41, 5.74) is 3.58. The zero-order valence-corrected chi connectivity index (χ0v) is 11.2. The first-order valence-corrected chi connectivity index (χ1v) is 6.75. The van der Waals surface area contributed by atoms with E-state index in [1.807, 2.05) is 5.51 Å². The van der Waals surface area contributed by atoms with Crippen molar-refractivity contribution in [3.63, 3.8) is 0 Å². The summed E-state index contributed by atoms with van der Waals surface area (Å²) >= 11 is 1.77. The highest BCUT2D eigenvalue weighted by Crippen LogP contribution is 2.26. The number of thiazole rings is 1. The molecule has 0 saturated carbocycles. The maximum absolute atomic E-state index is 4.30. The van der Waals surface area contributed by atoms with Crippen LogP contribution in [0.2, 0.25) is 0 Å². The van der Waals surface area contributed by atoms with E-state index < -0.39 is 0 Å². The molecule has 1 saturated heterocycles.